The standard InChI is InChI=1S/C49H47NO7S/c51-58(52,36-41-24-14-5-15-25-41)50-29-28-42-26-27-43(30-44(42)50)46-48(55-33-39-20-10-3-11-21-39)49(56-34-40-22-12-4-13-23-40)47(54-32-38-18-8-2-9-19-38)45(57-46)35-53-31-37-16-6-1-7-17-37/h1-30,45-49H,31-36H2/t45-,46+,47-,48+,49+/m1/s1. The highest BCUT2D eigenvalue weighted by Crippen LogP contribution is 2.40. The zero-order valence-electron chi connectivity index (χ0n) is 32.2. The van der Waals surface area contributed by atoms with Crippen LogP contribution < -0.4 is 0 Å². The van der Waals surface area contributed by atoms with Crippen LogP contribution in [0.4, 0.5) is 0 Å². The molecule has 7 aromatic rings. The first kappa shape index (κ1) is 39.4. The minimum absolute atomic E-state index is 0.138. The van der Waals surface area contributed by atoms with Crippen molar-refractivity contribution in [3.8, 4) is 0 Å². The minimum Gasteiger partial charge on any atom is -0.374 e. The third kappa shape index (κ3) is 9.82. The molecule has 2 heterocycles. The van der Waals surface area contributed by atoms with Crippen molar-refractivity contribution in [1.82, 2.24) is 3.97 Å². The van der Waals surface area contributed by atoms with Gasteiger partial charge in [-0.1, -0.05) is 164 Å². The molecule has 1 aromatic heterocycles. The predicted octanol–water partition coefficient (Wildman–Crippen LogP) is 9.43. The van der Waals surface area contributed by atoms with Gasteiger partial charge in [-0.3, -0.25) is 0 Å². The van der Waals surface area contributed by atoms with E-state index in [1.807, 2.05) is 176 Å². The van der Waals surface area contributed by atoms with Crippen LogP contribution in [0.3, 0.4) is 0 Å². The van der Waals surface area contributed by atoms with E-state index in [2.05, 4.69) is 0 Å². The van der Waals surface area contributed by atoms with Crippen LogP contribution in [0.2, 0.25) is 0 Å². The van der Waals surface area contributed by atoms with Gasteiger partial charge in [0, 0.05) is 11.6 Å². The maximum Gasteiger partial charge on any atom is 0.243 e. The van der Waals surface area contributed by atoms with E-state index in [4.69, 9.17) is 23.7 Å². The van der Waals surface area contributed by atoms with Gasteiger partial charge in [0.2, 0.25) is 10.0 Å². The van der Waals surface area contributed by atoms with Crippen LogP contribution in [0.25, 0.3) is 10.9 Å². The van der Waals surface area contributed by atoms with E-state index in [0.717, 1.165) is 33.2 Å². The molecule has 0 unspecified atom stereocenters. The lowest BCUT2D eigenvalue weighted by Gasteiger charge is -2.46. The van der Waals surface area contributed by atoms with E-state index in [1.165, 1.54) is 3.97 Å². The fraction of sp³-hybridized carbons (Fsp3) is 0.224. The normalized spacial score (nSPS) is 19.6. The highest BCUT2D eigenvalue weighted by Gasteiger charge is 2.49. The monoisotopic (exact) mass is 793 g/mol. The Morgan fingerprint density at radius 3 is 1.50 bits per heavy atom. The van der Waals surface area contributed by atoms with E-state index in [0.29, 0.717) is 37.5 Å². The number of aromatic nitrogens is 1. The Balaban J connectivity index is 1.19. The summed E-state index contributed by atoms with van der Waals surface area (Å²) < 4.78 is 63.5. The second kappa shape index (κ2) is 18.9. The maximum atomic E-state index is 13.9. The molecule has 1 aliphatic heterocycles. The largest absolute Gasteiger partial charge is 0.374 e. The van der Waals surface area contributed by atoms with Gasteiger partial charge in [-0.05, 0) is 45.5 Å². The summed E-state index contributed by atoms with van der Waals surface area (Å²) in [6, 6.07) is 57.0. The molecule has 0 spiro atoms. The first-order valence-electron chi connectivity index (χ1n) is 19.6. The van der Waals surface area contributed by atoms with Gasteiger partial charge in [0.05, 0.1) is 44.3 Å². The van der Waals surface area contributed by atoms with Gasteiger partial charge in [0.25, 0.3) is 0 Å². The first-order chi connectivity index (χ1) is 28.5. The number of fused-ring (bicyclic) bond motifs is 1. The van der Waals surface area contributed by atoms with Crippen molar-refractivity contribution in [2.75, 3.05) is 6.61 Å². The van der Waals surface area contributed by atoms with Gasteiger partial charge in [-0.2, -0.15) is 0 Å². The van der Waals surface area contributed by atoms with Gasteiger partial charge in [0.15, 0.2) is 0 Å². The van der Waals surface area contributed by atoms with Crippen LogP contribution in [0, 0.1) is 0 Å². The summed E-state index contributed by atoms with van der Waals surface area (Å²) in [4.78, 5) is 0. The molecular weight excluding hydrogens is 747 g/mol. The molecular formula is C49H47NO7S. The molecule has 5 atom stereocenters. The third-order valence-corrected chi connectivity index (χ3v) is 12.0. The van der Waals surface area contributed by atoms with E-state index in [1.54, 1.807) is 6.20 Å². The second-order valence-corrected chi connectivity index (χ2v) is 16.4. The molecule has 0 aliphatic carbocycles. The molecule has 1 aliphatic rings. The Morgan fingerprint density at radius 2 is 0.966 bits per heavy atom. The topological polar surface area (TPSA) is 85.2 Å². The van der Waals surface area contributed by atoms with Crippen LogP contribution >= 0.6 is 0 Å². The summed E-state index contributed by atoms with van der Waals surface area (Å²) >= 11 is 0. The first-order valence-corrected chi connectivity index (χ1v) is 21.2. The Labute approximate surface area is 340 Å². The quantitative estimate of drug-likeness (QED) is 0.0909. The lowest BCUT2D eigenvalue weighted by atomic mass is 9.90. The lowest BCUT2D eigenvalue weighted by molar-refractivity contribution is -0.275. The van der Waals surface area contributed by atoms with Gasteiger partial charge >= 0.3 is 0 Å². The van der Waals surface area contributed by atoms with Gasteiger partial charge in [0.1, 0.15) is 30.5 Å². The highest BCUT2D eigenvalue weighted by molar-refractivity contribution is 7.89. The van der Waals surface area contributed by atoms with Crippen molar-refractivity contribution in [2.45, 2.75) is 62.7 Å². The average molecular weight is 794 g/mol. The van der Waals surface area contributed by atoms with Gasteiger partial charge < -0.3 is 23.7 Å². The van der Waals surface area contributed by atoms with Crippen LogP contribution in [0.15, 0.2) is 182 Å². The van der Waals surface area contributed by atoms with Gasteiger partial charge in [-0.25, -0.2) is 12.4 Å². The van der Waals surface area contributed by atoms with Crippen molar-refractivity contribution in [2.24, 2.45) is 0 Å². The molecule has 0 saturated carbocycles. The summed E-state index contributed by atoms with van der Waals surface area (Å²) in [6.45, 7) is 1.53. The number of nitrogens with zero attached hydrogens (tertiary/aromatic N) is 1. The van der Waals surface area contributed by atoms with E-state index in [-0.39, 0.29) is 12.4 Å². The van der Waals surface area contributed by atoms with Crippen molar-refractivity contribution < 1.29 is 32.1 Å². The van der Waals surface area contributed by atoms with Crippen LogP contribution in [-0.2, 0) is 65.9 Å². The molecule has 296 valence electrons. The maximum absolute atomic E-state index is 13.9. The molecule has 0 radical (unpaired) electrons. The third-order valence-electron chi connectivity index (χ3n) is 10.4. The predicted molar refractivity (Wildman–Crippen MR) is 225 cm³/mol. The molecule has 0 N–H and O–H groups in total. The van der Waals surface area contributed by atoms with Crippen molar-refractivity contribution in [1.29, 1.82) is 0 Å². The number of ether oxygens (including phenoxy) is 5. The van der Waals surface area contributed by atoms with Crippen LogP contribution in [0.1, 0.15) is 39.5 Å². The molecule has 6 aromatic carbocycles. The zero-order chi connectivity index (χ0) is 39.6. The summed E-state index contributed by atoms with van der Waals surface area (Å²) in [5.41, 5.74) is 6.08. The molecule has 0 amide bonds. The number of rotatable bonds is 17. The Bertz CT molecular complexity index is 2430. The number of benzene rings is 6. The Hall–Kier alpha value is -5.39. The Morgan fingerprint density at radius 1 is 0.500 bits per heavy atom. The zero-order valence-corrected chi connectivity index (χ0v) is 33.0. The van der Waals surface area contributed by atoms with Crippen LogP contribution in [-0.4, -0.2) is 43.4 Å². The molecule has 1 saturated heterocycles. The van der Waals surface area contributed by atoms with E-state index < -0.39 is 40.5 Å². The minimum atomic E-state index is -3.77. The van der Waals surface area contributed by atoms with E-state index in [9.17, 15) is 8.42 Å². The number of hydrogen-bond acceptors (Lipinski definition) is 7. The molecule has 8 rings (SSSR count). The van der Waals surface area contributed by atoms with Crippen LogP contribution in [0.5, 0.6) is 0 Å². The molecule has 8 nitrogen and oxygen atoms in total. The fourth-order valence-corrected chi connectivity index (χ4v) is 8.91. The summed E-state index contributed by atoms with van der Waals surface area (Å²) in [5, 5.41) is 0.793. The van der Waals surface area contributed by atoms with Gasteiger partial charge in [-0.15, -0.1) is 0 Å². The Kier molecular flexibility index (Phi) is 12.9. The molecule has 58 heavy (non-hydrogen) atoms. The van der Waals surface area contributed by atoms with E-state index >= 15 is 0 Å². The molecule has 1 fully saturated rings. The average Bonchev–Trinajstić information content (AvgIpc) is 3.71. The highest BCUT2D eigenvalue weighted by atomic mass is 32.2. The van der Waals surface area contributed by atoms with Crippen molar-refractivity contribution in [3.05, 3.63) is 216 Å². The lowest BCUT2D eigenvalue weighted by Crippen LogP contribution is -2.58. The van der Waals surface area contributed by atoms with Crippen molar-refractivity contribution >= 4 is 20.9 Å². The number of hydrogen-bond donors (Lipinski definition) is 0. The van der Waals surface area contributed by atoms with Crippen molar-refractivity contribution in [3.63, 3.8) is 0 Å². The summed E-state index contributed by atoms with van der Waals surface area (Å²) in [5.74, 6) is -0.138. The molecule has 9 heteroatoms. The smallest absolute Gasteiger partial charge is 0.243 e. The summed E-state index contributed by atoms with van der Waals surface area (Å²) in [6.07, 6.45) is -1.54. The SMILES string of the molecule is O=S(=O)(Cc1ccccc1)n1ccc2ccc([C@@H]3O[C@H](COCc4ccccc4)[C@@H](OCc4ccccc4)[C@H](OCc4ccccc4)[C@H]3OCc3ccccc3)cc21. The second-order valence-electron chi connectivity index (χ2n) is 14.6. The molecule has 0 bridgehead atoms. The summed E-state index contributed by atoms with van der Waals surface area (Å²) in [7, 11) is -3.77. The fourth-order valence-electron chi connectivity index (χ4n) is 7.45.